The first-order chi connectivity index (χ1) is 6.27. The van der Waals surface area contributed by atoms with Crippen LogP contribution in [0.25, 0.3) is 0 Å². The zero-order chi connectivity index (χ0) is 9.68. The van der Waals surface area contributed by atoms with Crippen molar-refractivity contribution in [1.82, 2.24) is 5.32 Å². The molecule has 13 heavy (non-hydrogen) atoms. The van der Waals surface area contributed by atoms with Crippen LogP contribution in [0, 0.1) is 0 Å². The summed E-state index contributed by atoms with van der Waals surface area (Å²) in [5, 5.41) is 30.3. The fourth-order valence-electron chi connectivity index (χ4n) is 1.77. The Balaban J connectivity index is 2.32. The third kappa shape index (κ3) is 3.23. The summed E-state index contributed by atoms with van der Waals surface area (Å²) in [6.07, 6.45) is 3.61. The van der Waals surface area contributed by atoms with E-state index in [0.29, 0.717) is 0 Å². The third-order valence-electron chi connectivity index (χ3n) is 2.62. The highest BCUT2D eigenvalue weighted by Gasteiger charge is 2.24. The van der Waals surface area contributed by atoms with Gasteiger partial charge in [0.05, 0.1) is 25.4 Å². The van der Waals surface area contributed by atoms with Crippen molar-refractivity contribution >= 4 is 0 Å². The van der Waals surface area contributed by atoms with Gasteiger partial charge in [-0.15, -0.1) is 0 Å². The van der Waals surface area contributed by atoms with Crippen molar-refractivity contribution in [2.24, 2.45) is 0 Å². The molecule has 0 amide bonds. The van der Waals surface area contributed by atoms with Gasteiger partial charge in [-0.05, 0) is 12.8 Å². The van der Waals surface area contributed by atoms with Crippen LogP contribution in [0.5, 0.6) is 0 Å². The summed E-state index contributed by atoms with van der Waals surface area (Å²) >= 11 is 0. The number of nitrogens with one attached hydrogen (secondary N) is 1. The van der Waals surface area contributed by atoms with E-state index in [1.807, 2.05) is 0 Å². The van der Waals surface area contributed by atoms with Crippen molar-refractivity contribution in [3.63, 3.8) is 0 Å². The molecule has 1 saturated carbocycles. The molecule has 1 aliphatic rings. The lowest BCUT2D eigenvalue weighted by Gasteiger charge is -2.31. The normalized spacial score (nSPS) is 29.5. The Hall–Kier alpha value is -0.160. The van der Waals surface area contributed by atoms with Crippen molar-refractivity contribution in [2.75, 3.05) is 13.2 Å². The second-order valence-corrected chi connectivity index (χ2v) is 3.69. The van der Waals surface area contributed by atoms with Crippen molar-refractivity contribution in [3.8, 4) is 0 Å². The van der Waals surface area contributed by atoms with Gasteiger partial charge in [0, 0.05) is 6.04 Å². The maximum Gasteiger partial charge on any atom is 0.0693 e. The molecular formula is C9H19NO3. The zero-order valence-corrected chi connectivity index (χ0v) is 7.82. The van der Waals surface area contributed by atoms with E-state index >= 15 is 0 Å². The molecule has 1 fully saturated rings. The zero-order valence-electron chi connectivity index (χ0n) is 7.82. The van der Waals surface area contributed by atoms with Gasteiger partial charge in [-0.1, -0.05) is 12.8 Å². The molecule has 1 rings (SSSR count). The summed E-state index contributed by atoms with van der Waals surface area (Å²) in [7, 11) is 0. The van der Waals surface area contributed by atoms with Gasteiger partial charge in [-0.25, -0.2) is 0 Å². The second-order valence-electron chi connectivity index (χ2n) is 3.69. The van der Waals surface area contributed by atoms with Crippen LogP contribution in [0.4, 0.5) is 0 Å². The first-order valence-corrected chi connectivity index (χ1v) is 4.93. The molecule has 0 aromatic heterocycles. The lowest BCUT2D eigenvalue weighted by Crippen LogP contribution is -2.49. The molecule has 0 aliphatic heterocycles. The van der Waals surface area contributed by atoms with Gasteiger partial charge in [-0.3, -0.25) is 0 Å². The highest BCUT2D eigenvalue weighted by Crippen LogP contribution is 2.18. The highest BCUT2D eigenvalue weighted by atomic mass is 16.3. The maximum atomic E-state index is 9.58. The van der Waals surface area contributed by atoms with Crippen LogP contribution in [0.2, 0.25) is 0 Å². The topological polar surface area (TPSA) is 72.7 Å². The lowest BCUT2D eigenvalue weighted by atomic mass is 9.92. The molecule has 0 saturated heterocycles. The number of hydrogen-bond donors (Lipinski definition) is 4. The Morgan fingerprint density at radius 1 is 1.15 bits per heavy atom. The van der Waals surface area contributed by atoms with Gasteiger partial charge >= 0.3 is 0 Å². The summed E-state index contributed by atoms with van der Waals surface area (Å²) < 4.78 is 0. The van der Waals surface area contributed by atoms with E-state index in [9.17, 15) is 5.11 Å². The van der Waals surface area contributed by atoms with Crippen molar-refractivity contribution in [2.45, 2.75) is 43.9 Å². The highest BCUT2D eigenvalue weighted by molar-refractivity contribution is 4.83. The molecule has 2 atom stereocenters. The largest absolute Gasteiger partial charge is 0.395 e. The third-order valence-corrected chi connectivity index (χ3v) is 2.62. The predicted octanol–water partition coefficient (Wildman–Crippen LogP) is -0.767. The Labute approximate surface area is 78.6 Å². The Morgan fingerprint density at radius 3 is 2.31 bits per heavy atom. The molecule has 0 aromatic rings. The fourth-order valence-corrected chi connectivity index (χ4v) is 1.77. The van der Waals surface area contributed by atoms with Crippen LogP contribution in [0.15, 0.2) is 0 Å². The SMILES string of the molecule is OCC(CO)NC1CCCCC1O. The molecule has 2 unspecified atom stereocenters. The molecule has 0 spiro atoms. The fraction of sp³-hybridized carbons (Fsp3) is 1.00. The van der Waals surface area contributed by atoms with Crippen LogP contribution in [0.1, 0.15) is 25.7 Å². The Morgan fingerprint density at radius 2 is 1.77 bits per heavy atom. The van der Waals surface area contributed by atoms with E-state index in [1.54, 1.807) is 0 Å². The first-order valence-electron chi connectivity index (χ1n) is 4.93. The number of rotatable bonds is 4. The van der Waals surface area contributed by atoms with Crippen molar-refractivity contribution in [1.29, 1.82) is 0 Å². The van der Waals surface area contributed by atoms with E-state index in [-0.39, 0.29) is 31.4 Å². The lowest BCUT2D eigenvalue weighted by molar-refractivity contribution is 0.0687. The molecule has 4 heteroatoms. The van der Waals surface area contributed by atoms with Crippen molar-refractivity contribution in [3.05, 3.63) is 0 Å². The van der Waals surface area contributed by atoms with Gasteiger partial charge in [0.2, 0.25) is 0 Å². The average Bonchev–Trinajstić information content (AvgIpc) is 2.17. The van der Waals surface area contributed by atoms with E-state index in [2.05, 4.69) is 5.32 Å². The molecule has 4 nitrogen and oxygen atoms in total. The van der Waals surface area contributed by atoms with Gasteiger partial charge in [0.15, 0.2) is 0 Å². The van der Waals surface area contributed by atoms with Crippen LogP contribution in [0.3, 0.4) is 0 Å². The predicted molar refractivity (Wildman–Crippen MR) is 49.4 cm³/mol. The van der Waals surface area contributed by atoms with E-state index in [0.717, 1.165) is 25.7 Å². The standard InChI is InChI=1S/C9H19NO3/c11-5-7(6-12)10-8-3-1-2-4-9(8)13/h7-13H,1-6H2. The molecule has 4 N–H and O–H groups in total. The van der Waals surface area contributed by atoms with Crippen LogP contribution >= 0.6 is 0 Å². The van der Waals surface area contributed by atoms with Crippen LogP contribution in [-0.2, 0) is 0 Å². The minimum Gasteiger partial charge on any atom is -0.395 e. The Kier molecular flexibility index (Phi) is 4.66. The second kappa shape index (κ2) is 5.54. The minimum atomic E-state index is -0.325. The summed E-state index contributed by atoms with van der Waals surface area (Å²) in [6, 6.07) is -0.254. The number of aliphatic hydroxyl groups excluding tert-OH is 3. The molecule has 0 heterocycles. The maximum absolute atomic E-state index is 9.58. The molecule has 0 radical (unpaired) electrons. The number of aliphatic hydroxyl groups is 3. The summed E-state index contributed by atoms with van der Waals surface area (Å²) in [5.74, 6) is 0. The molecule has 78 valence electrons. The summed E-state index contributed by atoms with van der Waals surface area (Å²) in [6.45, 7) is -0.167. The number of hydrogen-bond acceptors (Lipinski definition) is 4. The quantitative estimate of drug-likeness (QED) is 0.469. The van der Waals surface area contributed by atoms with E-state index < -0.39 is 0 Å². The summed E-state index contributed by atoms with van der Waals surface area (Å²) in [4.78, 5) is 0. The summed E-state index contributed by atoms with van der Waals surface area (Å²) in [5.41, 5.74) is 0. The van der Waals surface area contributed by atoms with Crippen molar-refractivity contribution < 1.29 is 15.3 Å². The van der Waals surface area contributed by atoms with Gasteiger partial charge in [0.1, 0.15) is 0 Å². The minimum absolute atomic E-state index is 0.0399. The first kappa shape index (κ1) is 10.9. The monoisotopic (exact) mass is 189 g/mol. The molecule has 0 aromatic carbocycles. The van der Waals surface area contributed by atoms with Gasteiger partial charge in [-0.2, -0.15) is 0 Å². The average molecular weight is 189 g/mol. The van der Waals surface area contributed by atoms with Crippen LogP contribution < -0.4 is 5.32 Å². The van der Waals surface area contributed by atoms with Gasteiger partial charge in [0.25, 0.3) is 0 Å². The van der Waals surface area contributed by atoms with Gasteiger partial charge < -0.3 is 20.6 Å². The smallest absolute Gasteiger partial charge is 0.0693 e. The van der Waals surface area contributed by atoms with Crippen LogP contribution in [-0.4, -0.2) is 46.7 Å². The molecule has 1 aliphatic carbocycles. The molecular weight excluding hydrogens is 170 g/mol. The van der Waals surface area contributed by atoms with E-state index in [4.69, 9.17) is 10.2 Å². The molecule has 0 bridgehead atoms. The van der Waals surface area contributed by atoms with E-state index in [1.165, 1.54) is 0 Å². The Bertz CT molecular complexity index is 139.